The van der Waals surface area contributed by atoms with E-state index in [0.29, 0.717) is 24.5 Å². The molecule has 0 spiro atoms. The lowest BCUT2D eigenvalue weighted by molar-refractivity contribution is 0.284. The topological polar surface area (TPSA) is 49.4 Å². The second-order valence-electron chi connectivity index (χ2n) is 4.14. The molecule has 1 atom stereocenters. The minimum atomic E-state index is -3.35. The van der Waals surface area contributed by atoms with E-state index in [4.69, 9.17) is 0 Å². The second kappa shape index (κ2) is 4.97. The summed E-state index contributed by atoms with van der Waals surface area (Å²) in [5.74, 6) is 0. The Labute approximate surface area is 114 Å². The van der Waals surface area contributed by atoms with Gasteiger partial charge in [0.25, 0.3) is 0 Å². The number of hydrogen-bond donors (Lipinski definition) is 1. The first-order valence-corrected chi connectivity index (χ1v) is 8.46. The summed E-state index contributed by atoms with van der Waals surface area (Å²) in [6.07, 6.45) is 0. The van der Waals surface area contributed by atoms with Crippen molar-refractivity contribution >= 4 is 37.3 Å². The Kier molecular flexibility index (Phi) is 3.94. The highest BCUT2D eigenvalue weighted by Crippen LogP contribution is 2.32. The van der Waals surface area contributed by atoms with Crippen LogP contribution < -0.4 is 5.32 Å². The molecule has 1 aromatic heterocycles. The Morgan fingerprint density at radius 2 is 2.29 bits per heavy atom. The summed E-state index contributed by atoms with van der Waals surface area (Å²) in [6, 6.07) is 1.70. The first kappa shape index (κ1) is 13.5. The third-order valence-electron chi connectivity index (χ3n) is 2.87. The van der Waals surface area contributed by atoms with Crippen molar-refractivity contribution in [3.8, 4) is 0 Å². The molecule has 0 aromatic carbocycles. The van der Waals surface area contributed by atoms with Crippen LogP contribution in [0, 0.1) is 6.92 Å². The van der Waals surface area contributed by atoms with Crippen molar-refractivity contribution in [3.63, 3.8) is 0 Å². The molecule has 1 aromatic rings. The van der Waals surface area contributed by atoms with E-state index in [0.717, 1.165) is 8.66 Å². The molecule has 17 heavy (non-hydrogen) atoms. The third-order valence-corrected chi connectivity index (χ3v) is 6.69. The Bertz CT molecular complexity index is 512. The zero-order valence-electron chi connectivity index (χ0n) is 9.73. The number of rotatable bonds is 2. The number of sulfonamides is 1. The number of nitrogens with one attached hydrogen (secondary N) is 1. The van der Waals surface area contributed by atoms with Crippen LogP contribution in [0.1, 0.15) is 11.8 Å². The summed E-state index contributed by atoms with van der Waals surface area (Å²) in [6.45, 7) is 5.74. The van der Waals surface area contributed by atoms with Gasteiger partial charge in [-0.2, -0.15) is 4.31 Å². The van der Waals surface area contributed by atoms with Gasteiger partial charge in [0.1, 0.15) is 0 Å². The summed E-state index contributed by atoms with van der Waals surface area (Å²) in [4.78, 5) is 1.27. The van der Waals surface area contributed by atoms with Crippen LogP contribution >= 0.6 is 27.3 Å². The molecule has 2 rings (SSSR count). The smallest absolute Gasteiger partial charge is 0.244 e. The van der Waals surface area contributed by atoms with Gasteiger partial charge in [-0.1, -0.05) is 0 Å². The zero-order valence-corrected chi connectivity index (χ0v) is 13.0. The number of piperazine rings is 1. The molecule has 1 aliphatic heterocycles. The van der Waals surface area contributed by atoms with E-state index < -0.39 is 10.0 Å². The minimum Gasteiger partial charge on any atom is -0.314 e. The molecule has 96 valence electrons. The van der Waals surface area contributed by atoms with E-state index >= 15 is 0 Å². The number of aryl methyl sites for hydroxylation is 1. The summed E-state index contributed by atoms with van der Waals surface area (Å²) >= 11 is 4.79. The first-order chi connectivity index (χ1) is 7.93. The van der Waals surface area contributed by atoms with Gasteiger partial charge in [-0.25, -0.2) is 8.42 Å². The molecule has 1 N–H and O–H groups in total. The highest BCUT2D eigenvalue weighted by molar-refractivity contribution is 9.11. The van der Waals surface area contributed by atoms with Crippen molar-refractivity contribution in [1.29, 1.82) is 0 Å². The maximum atomic E-state index is 12.5. The van der Waals surface area contributed by atoms with Gasteiger partial charge >= 0.3 is 0 Å². The van der Waals surface area contributed by atoms with Gasteiger partial charge in [0.05, 0.1) is 8.68 Å². The molecule has 0 radical (unpaired) electrons. The van der Waals surface area contributed by atoms with E-state index in [1.165, 1.54) is 11.3 Å². The molecule has 1 aliphatic rings. The standard InChI is InChI=1S/C10H15BrN2O2S2/c1-7-6-12-3-4-13(7)17(14,15)9-5-10(11)16-8(9)2/h5,7,12H,3-4,6H2,1-2H3/t7-/m0/s1. The normalized spacial score (nSPS) is 22.9. The van der Waals surface area contributed by atoms with Crippen molar-refractivity contribution < 1.29 is 8.42 Å². The van der Waals surface area contributed by atoms with Gasteiger partial charge in [-0.3, -0.25) is 0 Å². The number of nitrogens with zero attached hydrogens (tertiary/aromatic N) is 1. The van der Waals surface area contributed by atoms with Crippen LogP contribution in [-0.2, 0) is 10.0 Å². The lowest BCUT2D eigenvalue weighted by Gasteiger charge is -2.32. The van der Waals surface area contributed by atoms with Gasteiger partial charge in [0, 0.05) is 30.6 Å². The Hall–Kier alpha value is 0.0500. The van der Waals surface area contributed by atoms with Gasteiger partial charge in [-0.05, 0) is 35.8 Å². The molecular formula is C10H15BrN2O2S2. The average Bonchev–Trinajstić information content (AvgIpc) is 2.59. The zero-order chi connectivity index (χ0) is 12.6. The van der Waals surface area contributed by atoms with E-state index in [1.54, 1.807) is 10.4 Å². The first-order valence-electron chi connectivity index (χ1n) is 5.41. The van der Waals surface area contributed by atoms with Crippen LogP contribution in [0.2, 0.25) is 0 Å². The predicted octanol–water partition coefficient (Wildman–Crippen LogP) is 1.80. The molecule has 7 heteroatoms. The lowest BCUT2D eigenvalue weighted by atomic mass is 10.3. The molecule has 4 nitrogen and oxygen atoms in total. The molecule has 0 aliphatic carbocycles. The van der Waals surface area contributed by atoms with E-state index in [2.05, 4.69) is 21.2 Å². The summed E-state index contributed by atoms with van der Waals surface area (Å²) in [5.41, 5.74) is 0. The molecule has 0 amide bonds. The van der Waals surface area contributed by atoms with Crippen molar-refractivity contribution in [1.82, 2.24) is 9.62 Å². The quantitative estimate of drug-likeness (QED) is 0.894. The molecule has 1 saturated heterocycles. The van der Waals surface area contributed by atoms with Gasteiger partial charge in [-0.15, -0.1) is 11.3 Å². The summed E-state index contributed by atoms with van der Waals surface area (Å²) in [7, 11) is -3.35. The molecule has 1 fully saturated rings. The highest BCUT2D eigenvalue weighted by Gasteiger charge is 2.32. The average molecular weight is 339 g/mol. The Morgan fingerprint density at radius 1 is 1.59 bits per heavy atom. The molecule has 0 bridgehead atoms. The summed E-state index contributed by atoms with van der Waals surface area (Å²) in [5, 5.41) is 3.20. The van der Waals surface area contributed by atoms with Crippen LogP contribution in [0.15, 0.2) is 14.7 Å². The number of hydrogen-bond acceptors (Lipinski definition) is 4. The number of halogens is 1. The Morgan fingerprint density at radius 3 is 2.82 bits per heavy atom. The predicted molar refractivity (Wildman–Crippen MR) is 73.0 cm³/mol. The van der Waals surface area contributed by atoms with Crippen molar-refractivity contribution in [2.45, 2.75) is 24.8 Å². The fraction of sp³-hybridized carbons (Fsp3) is 0.600. The third kappa shape index (κ3) is 2.58. The van der Waals surface area contributed by atoms with Crippen LogP contribution in [0.25, 0.3) is 0 Å². The van der Waals surface area contributed by atoms with Crippen molar-refractivity contribution in [2.75, 3.05) is 19.6 Å². The van der Waals surface area contributed by atoms with E-state index in [9.17, 15) is 8.42 Å². The fourth-order valence-electron chi connectivity index (χ4n) is 1.99. The van der Waals surface area contributed by atoms with Crippen LogP contribution in [0.4, 0.5) is 0 Å². The fourth-order valence-corrected chi connectivity index (χ4v) is 6.01. The highest BCUT2D eigenvalue weighted by atomic mass is 79.9. The summed E-state index contributed by atoms with van der Waals surface area (Å²) < 4.78 is 27.5. The van der Waals surface area contributed by atoms with Gasteiger partial charge in [0.15, 0.2) is 0 Å². The van der Waals surface area contributed by atoms with E-state index in [1.807, 2.05) is 13.8 Å². The van der Waals surface area contributed by atoms with Crippen LogP contribution in [-0.4, -0.2) is 38.4 Å². The maximum absolute atomic E-state index is 12.5. The molecule has 0 unspecified atom stereocenters. The largest absolute Gasteiger partial charge is 0.314 e. The van der Waals surface area contributed by atoms with Crippen LogP contribution in [0.3, 0.4) is 0 Å². The van der Waals surface area contributed by atoms with Crippen LogP contribution in [0.5, 0.6) is 0 Å². The Balaban J connectivity index is 2.39. The molecular weight excluding hydrogens is 324 g/mol. The molecule has 0 saturated carbocycles. The maximum Gasteiger partial charge on any atom is 0.244 e. The second-order valence-corrected chi connectivity index (χ2v) is 8.63. The van der Waals surface area contributed by atoms with Gasteiger partial charge < -0.3 is 5.32 Å². The van der Waals surface area contributed by atoms with Crippen molar-refractivity contribution in [3.05, 3.63) is 14.7 Å². The monoisotopic (exact) mass is 338 g/mol. The van der Waals surface area contributed by atoms with E-state index in [-0.39, 0.29) is 6.04 Å². The minimum absolute atomic E-state index is 0.00632. The number of thiophene rings is 1. The lowest BCUT2D eigenvalue weighted by Crippen LogP contribution is -2.52. The van der Waals surface area contributed by atoms with Gasteiger partial charge in [0.2, 0.25) is 10.0 Å². The molecule has 2 heterocycles. The van der Waals surface area contributed by atoms with Crippen molar-refractivity contribution in [2.24, 2.45) is 0 Å². The SMILES string of the molecule is Cc1sc(Br)cc1S(=O)(=O)N1CCNC[C@@H]1C.